The predicted octanol–water partition coefficient (Wildman–Crippen LogP) is 5.47. The zero-order valence-electron chi connectivity index (χ0n) is 16.1. The van der Waals surface area contributed by atoms with Gasteiger partial charge in [0.2, 0.25) is 0 Å². The van der Waals surface area contributed by atoms with E-state index in [1.54, 1.807) is 0 Å². The van der Waals surface area contributed by atoms with Crippen LogP contribution in [0.3, 0.4) is 0 Å². The highest BCUT2D eigenvalue weighted by atomic mass is 79.9. The van der Waals surface area contributed by atoms with Crippen LogP contribution in [0.15, 0.2) is 53.0 Å². The molecule has 0 unspecified atom stereocenters. The molecule has 2 aliphatic rings. The van der Waals surface area contributed by atoms with E-state index in [0.717, 1.165) is 16.4 Å². The molecule has 0 bridgehead atoms. The molecule has 27 heavy (non-hydrogen) atoms. The second kappa shape index (κ2) is 5.70. The van der Waals surface area contributed by atoms with Crippen molar-refractivity contribution in [3.8, 4) is 11.1 Å². The molecule has 4 heteroatoms. The molecule has 5 rings (SSSR count). The summed E-state index contributed by atoms with van der Waals surface area (Å²) in [5.74, 6) is 0. The molecule has 1 fully saturated rings. The van der Waals surface area contributed by atoms with Crippen LogP contribution in [-0.4, -0.2) is 18.3 Å². The summed E-state index contributed by atoms with van der Waals surface area (Å²) in [6, 6.07) is 17.5. The molecular weight excluding hydrogens is 399 g/mol. The zero-order chi connectivity index (χ0) is 19.0. The van der Waals surface area contributed by atoms with E-state index < -0.39 is 0 Å². The van der Waals surface area contributed by atoms with Gasteiger partial charge < -0.3 is 9.31 Å². The van der Waals surface area contributed by atoms with Crippen molar-refractivity contribution in [2.75, 3.05) is 0 Å². The average Bonchev–Trinajstić information content (AvgIpc) is 3.07. The van der Waals surface area contributed by atoms with Gasteiger partial charge in [-0.25, -0.2) is 0 Å². The summed E-state index contributed by atoms with van der Waals surface area (Å²) in [5, 5.41) is 2.49. The lowest BCUT2D eigenvalue weighted by molar-refractivity contribution is 0.00578. The first kappa shape index (κ1) is 17.5. The van der Waals surface area contributed by atoms with Crippen molar-refractivity contribution in [3.63, 3.8) is 0 Å². The van der Waals surface area contributed by atoms with Crippen LogP contribution >= 0.6 is 15.9 Å². The standard InChI is InChI=1S/C23H22BBrO2/c1-22(2)23(3,4)27-24(26-22)20-13-15-11-14-12-16(25)9-10-17(14)21(15)19-8-6-5-7-18(19)20/h5-10,12-13H,11H2,1-4H3. The summed E-state index contributed by atoms with van der Waals surface area (Å²) in [6.07, 6.45) is 0.946. The van der Waals surface area contributed by atoms with Gasteiger partial charge in [0, 0.05) is 4.47 Å². The Morgan fingerprint density at radius 3 is 2.22 bits per heavy atom. The monoisotopic (exact) mass is 420 g/mol. The molecule has 0 N–H and O–H groups in total. The molecule has 0 aromatic heterocycles. The Balaban J connectivity index is 1.72. The van der Waals surface area contributed by atoms with E-state index in [0.29, 0.717) is 0 Å². The lowest BCUT2D eigenvalue weighted by atomic mass is 9.74. The highest BCUT2D eigenvalue weighted by Gasteiger charge is 2.52. The third-order valence-corrected chi connectivity index (χ3v) is 6.88. The molecule has 1 saturated heterocycles. The molecule has 1 heterocycles. The third-order valence-electron chi connectivity index (χ3n) is 6.38. The minimum atomic E-state index is -0.347. The molecule has 0 spiro atoms. The van der Waals surface area contributed by atoms with Crippen LogP contribution in [0.4, 0.5) is 0 Å². The maximum Gasteiger partial charge on any atom is 0.495 e. The van der Waals surface area contributed by atoms with E-state index in [1.165, 1.54) is 33.0 Å². The van der Waals surface area contributed by atoms with Crippen LogP contribution < -0.4 is 5.46 Å². The van der Waals surface area contributed by atoms with Gasteiger partial charge in [-0.15, -0.1) is 0 Å². The zero-order valence-corrected chi connectivity index (χ0v) is 17.7. The molecule has 1 aliphatic heterocycles. The van der Waals surface area contributed by atoms with Crippen molar-refractivity contribution in [2.24, 2.45) is 0 Å². The van der Waals surface area contributed by atoms with Crippen LogP contribution in [0.5, 0.6) is 0 Å². The van der Waals surface area contributed by atoms with E-state index in [9.17, 15) is 0 Å². The number of benzene rings is 3. The van der Waals surface area contributed by atoms with E-state index in [2.05, 4.69) is 92.2 Å². The van der Waals surface area contributed by atoms with Crippen molar-refractivity contribution in [1.82, 2.24) is 0 Å². The Labute approximate surface area is 169 Å². The molecule has 0 atom stereocenters. The SMILES string of the molecule is CC1(C)OB(c2cc3c(c4ccccc24)-c2ccc(Br)cc2C3)OC1(C)C. The summed E-state index contributed by atoms with van der Waals surface area (Å²) in [4.78, 5) is 0. The smallest absolute Gasteiger partial charge is 0.399 e. The highest BCUT2D eigenvalue weighted by molar-refractivity contribution is 9.10. The van der Waals surface area contributed by atoms with Gasteiger partial charge in [0.05, 0.1) is 11.2 Å². The maximum atomic E-state index is 6.38. The lowest BCUT2D eigenvalue weighted by Gasteiger charge is -2.32. The van der Waals surface area contributed by atoms with Crippen molar-refractivity contribution < 1.29 is 9.31 Å². The normalized spacial score (nSPS) is 19.4. The van der Waals surface area contributed by atoms with Crippen molar-refractivity contribution in [3.05, 3.63) is 64.1 Å². The number of halogens is 1. The van der Waals surface area contributed by atoms with E-state index in [4.69, 9.17) is 9.31 Å². The molecule has 1 aliphatic carbocycles. The Morgan fingerprint density at radius 1 is 0.852 bits per heavy atom. The summed E-state index contributed by atoms with van der Waals surface area (Å²) in [7, 11) is -0.347. The first-order valence-electron chi connectivity index (χ1n) is 9.46. The summed E-state index contributed by atoms with van der Waals surface area (Å²) < 4.78 is 13.9. The van der Waals surface area contributed by atoms with E-state index >= 15 is 0 Å². The summed E-state index contributed by atoms with van der Waals surface area (Å²) in [6.45, 7) is 8.43. The Hall–Kier alpha value is -1.62. The second-order valence-corrected chi connectivity index (χ2v) is 9.53. The maximum absolute atomic E-state index is 6.38. The molecule has 136 valence electrons. The first-order chi connectivity index (χ1) is 12.8. The van der Waals surface area contributed by atoms with Gasteiger partial charge in [-0.2, -0.15) is 0 Å². The van der Waals surface area contributed by atoms with Crippen molar-refractivity contribution in [2.45, 2.75) is 45.3 Å². The predicted molar refractivity (Wildman–Crippen MR) is 116 cm³/mol. The van der Waals surface area contributed by atoms with Gasteiger partial charge in [0.25, 0.3) is 0 Å². The Morgan fingerprint density at radius 2 is 1.52 bits per heavy atom. The Kier molecular flexibility index (Phi) is 3.69. The van der Waals surface area contributed by atoms with Gasteiger partial charge in [0.1, 0.15) is 0 Å². The van der Waals surface area contributed by atoms with Gasteiger partial charge in [0.15, 0.2) is 0 Å². The molecule has 3 aromatic carbocycles. The van der Waals surface area contributed by atoms with Crippen LogP contribution in [-0.2, 0) is 15.7 Å². The van der Waals surface area contributed by atoms with Gasteiger partial charge >= 0.3 is 7.12 Å². The molecule has 3 aromatic rings. The molecule has 2 nitrogen and oxygen atoms in total. The van der Waals surface area contributed by atoms with Gasteiger partial charge in [-0.3, -0.25) is 0 Å². The van der Waals surface area contributed by atoms with Crippen LogP contribution in [0.2, 0.25) is 0 Å². The number of rotatable bonds is 1. The molecule has 0 amide bonds. The van der Waals surface area contributed by atoms with Crippen LogP contribution in [0.25, 0.3) is 21.9 Å². The quantitative estimate of drug-likeness (QED) is 0.380. The Bertz CT molecular complexity index is 1070. The minimum absolute atomic E-state index is 0.342. The fraction of sp³-hybridized carbons (Fsp3) is 0.304. The second-order valence-electron chi connectivity index (χ2n) is 8.61. The molecule has 0 radical (unpaired) electrons. The van der Waals surface area contributed by atoms with Gasteiger partial charge in [-0.1, -0.05) is 52.3 Å². The van der Waals surface area contributed by atoms with Gasteiger partial charge in [-0.05, 0) is 84.7 Å². The number of hydrogen-bond acceptors (Lipinski definition) is 2. The number of hydrogen-bond donors (Lipinski definition) is 0. The van der Waals surface area contributed by atoms with Crippen molar-refractivity contribution in [1.29, 1.82) is 0 Å². The average molecular weight is 421 g/mol. The topological polar surface area (TPSA) is 18.5 Å². The largest absolute Gasteiger partial charge is 0.495 e. The molecular formula is C23H22BBrO2. The van der Waals surface area contributed by atoms with Crippen molar-refractivity contribution >= 4 is 39.3 Å². The van der Waals surface area contributed by atoms with E-state index in [1.807, 2.05) is 0 Å². The van der Waals surface area contributed by atoms with E-state index in [-0.39, 0.29) is 18.3 Å². The lowest BCUT2D eigenvalue weighted by Crippen LogP contribution is -2.41. The molecule has 0 saturated carbocycles. The fourth-order valence-electron chi connectivity index (χ4n) is 4.24. The van der Waals surface area contributed by atoms with Crippen LogP contribution in [0, 0.1) is 0 Å². The summed E-state index contributed by atoms with van der Waals surface area (Å²) >= 11 is 3.61. The third kappa shape index (κ3) is 2.54. The highest BCUT2D eigenvalue weighted by Crippen LogP contribution is 2.43. The van der Waals surface area contributed by atoms with Crippen LogP contribution in [0.1, 0.15) is 38.8 Å². The first-order valence-corrected chi connectivity index (χ1v) is 10.3. The summed E-state index contributed by atoms with van der Waals surface area (Å²) in [5.41, 5.74) is 5.87. The number of fused-ring (bicyclic) bond motifs is 5. The minimum Gasteiger partial charge on any atom is -0.399 e. The fourth-order valence-corrected chi connectivity index (χ4v) is 4.65.